The highest BCUT2D eigenvalue weighted by Gasteiger charge is 2.48. The Hall–Kier alpha value is -2.25. The van der Waals surface area contributed by atoms with E-state index >= 15 is 0 Å². The monoisotopic (exact) mass is 443 g/mol. The van der Waals surface area contributed by atoms with E-state index in [4.69, 9.17) is 16.0 Å². The number of carbonyl (C=O) groups is 1. The molecule has 0 radical (unpaired) electrons. The van der Waals surface area contributed by atoms with Gasteiger partial charge in [-0.05, 0) is 43.9 Å². The Morgan fingerprint density at radius 2 is 1.94 bits per heavy atom. The Labute approximate surface area is 188 Å². The molecule has 0 saturated carbocycles. The Bertz CT molecular complexity index is 889. The molecular formula is C23H30ClN5O2. The summed E-state index contributed by atoms with van der Waals surface area (Å²) < 4.78 is 5.42. The number of hydrogen-bond acceptors (Lipinski definition) is 6. The highest BCUT2D eigenvalue weighted by Crippen LogP contribution is 2.41. The van der Waals surface area contributed by atoms with Crippen molar-refractivity contribution in [1.82, 2.24) is 15.2 Å². The van der Waals surface area contributed by atoms with E-state index in [-0.39, 0.29) is 17.4 Å². The van der Waals surface area contributed by atoms with Crippen LogP contribution in [0.3, 0.4) is 0 Å². The summed E-state index contributed by atoms with van der Waals surface area (Å²) in [6.45, 7) is 6.80. The minimum absolute atomic E-state index is 0.209. The molecule has 7 nitrogen and oxygen atoms in total. The van der Waals surface area contributed by atoms with Gasteiger partial charge < -0.3 is 19.5 Å². The number of amides is 1. The predicted molar refractivity (Wildman–Crippen MR) is 122 cm³/mol. The molecule has 3 fully saturated rings. The normalized spacial score (nSPS) is 24.0. The third-order valence-corrected chi connectivity index (χ3v) is 7.44. The van der Waals surface area contributed by atoms with E-state index < -0.39 is 0 Å². The molecule has 1 aromatic carbocycles. The molecule has 0 unspecified atom stereocenters. The summed E-state index contributed by atoms with van der Waals surface area (Å²) in [5.74, 6) is 0.246. The second-order valence-electron chi connectivity index (χ2n) is 9.05. The second-order valence-corrected chi connectivity index (χ2v) is 9.49. The van der Waals surface area contributed by atoms with Crippen molar-refractivity contribution in [2.24, 2.45) is 5.41 Å². The minimum atomic E-state index is -0.209. The zero-order chi connectivity index (χ0) is 21.3. The molecule has 1 aromatic heterocycles. The average Bonchev–Trinajstić information content (AvgIpc) is 3.42. The fourth-order valence-electron chi connectivity index (χ4n) is 5.30. The summed E-state index contributed by atoms with van der Waals surface area (Å²) in [6, 6.07) is 9.05. The van der Waals surface area contributed by atoms with E-state index in [0.29, 0.717) is 6.01 Å². The van der Waals surface area contributed by atoms with E-state index in [1.807, 2.05) is 18.2 Å². The number of oxazole rings is 1. The van der Waals surface area contributed by atoms with Crippen molar-refractivity contribution in [3.05, 3.63) is 41.7 Å². The molecule has 166 valence electrons. The Balaban J connectivity index is 1.08. The predicted octanol–water partition coefficient (Wildman–Crippen LogP) is 3.02. The molecular weight excluding hydrogens is 414 g/mol. The van der Waals surface area contributed by atoms with Crippen molar-refractivity contribution in [2.75, 3.05) is 55.6 Å². The second kappa shape index (κ2) is 8.71. The molecule has 31 heavy (non-hydrogen) atoms. The fourth-order valence-corrected chi connectivity index (χ4v) is 5.48. The molecule has 2 aromatic rings. The SMILES string of the molecule is O=C1N[C@@H](CCN2CCN(c3cccc(Cl)c3)CC2)CC12CCN(c1ncco1)CC2. The van der Waals surface area contributed by atoms with Gasteiger partial charge in [0.25, 0.3) is 6.01 Å². The number of carbonyl (C=O) groups excluding carboxylic acids is 1. The largest absolute Gasteiger partial charge is 0.432 e. The van der Waals surface area contributed by atoms with Crippen LogP contribution in [0.5, 0.6) is 0 Å². The maximum absolute atomic E-state index is 12.8. The van der Waals surface area contributed by atoms with Gasteiger partial charge in [-0.25, -0.2) is 4.98 Å². The lowest BCUT2D eigenvalue weighted by Gasteiger charge is -2.37. The Morgan fingerprint density at radius 3 is 2.65 bits per heavy atom. The van der Waals surface area contributed by atoms with Crippen LogP contribution in [0.1, 0.15) is 25.7 Å². The van der Waals surface area contributed by atoms with Crippen LogP contribution in [0.25, 0.3) is 0 Å². The van der Waals surface area contributed by atoms with Gasteiger partial charge in [0.2, 0.25) is 5.91 Å². The maximum Gasteiger partial charge on any atom is 0.297 e. The van der Waals surface area contributed by atoms with Crippen molar-refractivity contribution in [3.63, 3.8) is 0 Å². The molecule has 0 bridgehead atoms. The van der Waals surface area contributed by atoms with Gasteiger partial charge in [0.15, 0.2) is 0 Å². The molecule has 3 saturated heterocycles. The van der Waals surface area contributed by atoms with Gasteiger partial charge in [-0.1, -0.05) is 17.7 Å². The molecule has 3 aliphatic rings. The van der Waals surface area contributed by atoms with Gasteiger partial charge in [0.05, 0.1) is 11.6 Å². The molecule has 8 heteroatoms. The highest BCUT2D eigenvalue weighted by molar-refractivity contribution is 6.30. The van der Waals surface area contributed by atoms with Crippen LogP contribution in [0.2, 0.25) is 5.02 Å². The van der Waals surface area contributed by atoms with E-state index in [1.165, 1.54) is 5.69 Å². The molecule has 1 amide bonds. The molecule has 1 atom stereocenters. The lowest BCUT2D eigenvalue weighted by Crippen LogP contribution is -2.47. The molecule has 5 rings (SSSR count). The number of piperazine rings is 1. The zero-order valence-corrected chi connectivity index (χ0v) is 18.6. The highest BCUT2D eigenvalue weighted by atomic mass is 35.5. The van der Waals surface area contributed by atoms with Crippen molar-refractivity contribution >= 4 is 29.2 Å². The van der Waals surface area contributed by atoms with Gasteiger partial charge in [-0.2, -0.15) is 0 Å². The summed E-state index contributed by atoms with van der Waals surface area (Å²) in [5.41, 5.74) is 0.993. The summed E-state index contributed by atoms with van der Waals surface area (Å²) in [5, 5.41) is 4.09. The first-order chi connectivity index (χ1) is 15.1. The number of aromatic nitrogens is 1. The number of rotatable bonds is 5. The van der Waals surface area contributed by atoms with Crippen molar-refractivity contribution in [3.8, 4) is 0 Å². The van der Waals surface area contributed by atoms with Crippen LogP contribution in [0, 0.1) is 5.41 Å². The summed E-state index contributed by atoms with van der Waals surface area (Å²) >= 11 is 6.14. The first-order valence-electron chi connectivity index (χ1n) is 11.3. The topological polar surface area (TPSA) is 64.9 Å². The van der Waals surface area contributed by atoms with E-state index in [1.54, 1.807) is 12.5 Å². The van der Waals surface area contributed by atoms with Gasteiger partial charge in [0, 0.05) is 62.6 Å². The van der Waals surface area contributed by atoms with Crippen LogP contribution >= 0.6 is 11.6 Å². The quantitative estimate of drug-likeness (QED) is 0.766. The average molecular weight is 444 g/mol. The molecule has 0 aliphatic carbocycles. The smallest absolute Gasteiger partial charge is 0.297 e. The fraction of sp³-hybridized carbons (Fsp3) is 0.565. The number of anilines is 2. The van der Waals surface area contributed by atoms with Gasteiger partial charge in [0.1, 0.15) is 6.26 Å². The third kappa shape index (κ3) is 4.39. The first-order valence-corrected chi connectivity index (χ1v) is 11.7. The number of piperidine rings is 1. The number of nitrogens with one attached hydrogen (secondary N) is 1. The van der Waals surface area contributed by atoms with Crippen LogP contribution < -0.4 is 15.1 Å². The van der Waals surface area contributed by atoms with Gasteiger partial charge in [-0.15, -0.1) is 0 Å². The van der Waals surface area contributed by atoms with Crippen molar-refractivity contribution < 1.29 is 9.21 Å². The first kappa shape index (κ1) is 20.6. The van der Waals surface area contributed by atoms with Crippen molar-refractivity contribution in [2.45, 2.75) is 31.7 Å². The van der Waals surface area contributed by atoms with E-state index in [2.05, 4.69) is 31.1 Å². The number of benzene rings is 1. The lowest BCUT2D eigenvalue weighted by molar-refractivity contribution is -0.128. The van der Waals surface area contributed by atoms with E-state index in [0.717, 1.165) is 76.5 Å². The van der Waals surface area contributed by atoms with Gasteiger partial charge >= 0.3 is 0 Å². The van der Waals surface area contributed by atoms with Crippen LogP contribution in [-0.2, 0) is 4.79 Å². The summed E-state index contributed by atoms with van der Waals surface area (Å²) in [6.07, 6.45) is 6.99. The summed E-state index contributed by atoms with van der Waals surface area (Å²) in [7, 11) is 0. The van der Waals surface area contributed by atoms with Crippen LogP contribution in [0.4, 0.5) is 11.7 Å². The zero-order valence-electron chi connectivity index (χ0n) is 17.8. The van der Waals surface area contributed by atoms with E-state index in [9.17, 15) is 4.79 Å². The minimum Gasteiger partial charge on any atom is -0.432 e. The number of halogens is 1. The van der Waals surface area contributed by atoms with Crippen LogP contribution in [-0.4, -0.2) is 67.6 Å². The maximum atomic E-state index is 12.8. The standard InChI is InChI=1S/C23H30ClN5O2/c24-18-2-1-3-20(16-18)28-13-11-27(12-14-28)8-4-19-17-23(21(30)26-19)5-9-29(10-6-23)22-25-7-15-31-22/h1-3,7,15-16,19H,4-6,8-14,17H2,(H,26,30)/t19-/m0/s1. The third-order valence-electron chi connectivity index (χ3n) is 7.20. The van der Waals surface area contributed by atoms with Gasteiger partial charge in [-0.3, -0.25) is 9.69 Å². The van der Waals surface area contributed by atoms with Crippen LogP contribution in [0.15, 0.2) is 41.1 Å². The van der Waals surface area contributed by atoms with Crippen molar-refractivity contribution in [1.29, 1.82) is 0 Å². The summed E-state index contributed by atoms with van der Waals surface area (Å²) in [4.78, 5) is 24.1. The lowest BCUT2D eigenvalue weighted by atomic mass is 9.76. The number of nitrogens with zero attached hydrogens (tertiary/aromatic N) is 4. The Kier molecular flexibility index (Phi) is 5.80. The molecule has 1 N–H and O–H groups in total. The molecule has 4 heterocycles. The Morgan fingerprint density at radius 1 is 1.13 bits per heavy atom. The molecule has 1 spiro atoms. The molecule has 3 aliphatic heterocycles. The number of hydrogen-bond donors (Lipinski definition) is 1.